The van der Waals surface area contributed by atoms with Gasteiger partial charge in [-0.2, -0.15) is 0 Å². The summed E-state index contributed by atoms with van der Waals surface area (Å²) >= 11 is 1.83. The molecule has 1 atom stereocenters. The smallest absolute Gasteiger partial charge is 0.101 e. The largest absolute Gasteiger partial charge is 0.367 e. The predicted octanol–water partition coefficient (Wildman–Crippen LogP) is 5.74. The van der Waals surface area contributed by atoms with Crippen molar-refractivity contribution in [2.45, 2.75) is 58.5 Å². The highest BCUT2D eigenvalue weighted by Crippen LogP contribution is 2.55. The molecule has 0 bridgehead atoms. The Hall–Kier alpha value is -0.600. The highest BCUT2D eigenvalue weighted by atomic mass is 32.1. The van der Waals surface area contributed by atoms with E-state index in [1.54, 1.807) is 0 Å². The van der Waals surface area contributed by atoms with E-state index in [2.05, 4.69) is 37.9 Å². The molecular weight excluding hydrogens is 252 g/mol. The molecule has 0 amide bonds. The molecular formula is C17H26OS. The molecule has 1 fully saturated rings. The molecule has 1 aromatic heterocycles. The molecule has 2 heterocycles. The zero-order valence-corrected chi connectivity index (χ0v) is 13.1. The fourth-order valence-electron chi connectivity index (χ4n) is 3.19. The van der Waals surface area contributed by atoms with Crippen LogP contribution in [0.3, 0.4) is 0 Å². The van der Waals surface area contributed by atoms with Crippen molar-refractivity contribution in [1.82, 2.24) is 0 Å². The molecule has 1 aromatic rings. The zero-order valence-electron chi connectivity index (χ0n) is 12.3. The number of hydrogen-bond donors (Lipinski definition) is 0. The highest BCUT2D eigenvalue weighted by molar-refractivity contribution is 7.10. The molecule has 0 spiro atoms. The van der Waals surface area contributed by atoms with Gasteiger partial charge in [0.25, 0.3) is 0 Å². The molecule has 0 aromatic carbocycles. The Bertz CT molecular complexity index is 385. The van der Waals surface area contributed by atoms with E-state index in [-0.39, 0.29) is 11.5 Å². The molecule has 2 heteroatoms. The molecule has 0 aliphatic carbocycles. The van der Waals surface area contributed by atoms with Crippen LogP contribution < -0.4 is 0 Å². The lowest BCUT2D eigenvalue weighted by molar-refractivity contribution is 0.0410. The van der Waals surface area contributed by atoms with Crippen molar-refractivity contribution in [3.8, 4) is 0 Å². The average molecular weight is 278 g/mol. The van der Waals surface area contributed by atoms with Crippen molar-refractivity contribution in [2.24, 2.45) is 5.41 Å². The number of unbranched alkanes of at least 4 members (excludes halogenated alkanes) is 2. The zero-order chi connectivity index (χ0) is 13.7. The quantitative estimate of drug-likeness (QED) is 0.578. The van der Waals surface area contributed by atoms with E-state index in [4.69, 9.17) is 4.74 Å². The van der Waals surface area contributed by atoms with Crippen LogP contribution in [-0.2, 0) is 4.74 Å². The van der Waals surface area contributed by atoms with Gasteiger partial charge in [0, 0.05) is 10.3 Å². The summed E-state index contributed by atoms with van der Waals surface area (Å²) in [6, 6.07) is 4.36. The minimum atomic E-state index is 0.191. The maximum absolute atomic E-state index is 6.13. The van der Waals surface area contributed by atoms with Crippen molar-refractivity contribution in [2.75, 3.05) is 6.61 Å². The summed E-state index contributed by atoms with van der Waals surface area (Å²) in [7, 11) is 0. The first kappa shape index (κ1) is 14.8. The second kappa shape index (κ2) is 6.71. The molecule has 1 nitrogen and oxygen atoms in total. The fourth-order valence-corrected chi connectivity index (χ4v) is 4.08. The number of ether oxygens (including phenoxy) is 1. The SMILES string of the molecule is C=C1COC(c2cccs2)C1(CCCC)CCCC. The van der Waals surface area contributed by atoms with Crippen LogP contribution in [0.15, 0.2) is 29.7 Å². The summed E-state index contributed by atoms with van der Waals surface area (Å²) in [4.78, 5) is 1.38. The van der Waals surface area contributed by atoms with E-state index in [1.165, 1.54) is 49.0 Å². The molecule has 106 valence electrons. The van der Waals surface area contributed by atoms with Crippen LogP contribution in [-0.4, -0.2) is 6.61 Å². The van der Waals surface area contributed by atoms with Crippen molar-refractivity contribution in [3.05, 3.63) is 34.5 Å². The molecule has 1 saturated heterocycles. The molecule has 1 aliphatic heterocycles. The van der Waals surface area contributed by atoms with Crippen molar-refractivity contribution in [3.63, 3.8) is 0 Å². The Morgan fingerprint density at radius 1 is 1.32 bits per heavy atom. The summed E-state index contributed by atoms with van der Waals surface area (Å²) in [6.45, 7) is 9.64. The summed E-state index contributed by atoms with van der Waals surface area (Å²) in [6.07, 6.45) is 7.74. The normalized spacial score (nSPS) is 22.0. The molecule has 2 rings (SSSR count). The highest BCUT2D eigenvalue weighted by Gasteiger charge is 2.46. The van der Waals surface area contributed by atoms with Crippen molar-refractivity contribution < 1.29 is 4.74 Å². The van der Waals surface area contributed by atoms with E-state index < -0.39 is 0 Å². The van der Waals surface area contributed by atoms with Gasteiger partial charge in [0.2, 0.25) is 0 Å². The van der Waals surface area contributed by atoms with Gasteiger partial charge >= 0.3 is 0 Å². The minimum Gasteiger partial charge on any atom is -0.367 e. The van der Waals surface area contributed by atoms with Gasteiger partial charge < -0.3 is 4.74 Å². The predicted molar refractivity (Wildman–Crippen MR) is 83.6 cm³/mol. The molecule has 0 radical (unpaired) electrons. The standard InChI is InChI=1S/C17H26OS/c1-4-6-10-17(11-7-5-2)14(3)13-18-16(17)15-9-8-12-19-15/h8-9,12,16H,3-7,10-11,13H2,1-2H3. The van der Waals surface area contributed by atoms with Crippen LogP contribution in [0.1, 0.15) is 63.4 Å². The molecule has 1 aliphatic rings. The minimum absolute atomic E-state index is 0.191. The Morgan fingerprint density at radius 3 is 2.53 bits per heavy atom. The number of thiophene rings is 1. The van der Waals surface area contributed by atoms with Crippen molar-refractivity contribution in [1.29, 1.82) is 0 Å². The maximum atomic E-state index is 6.13. The first-order valence-electron chi connectivity index (χ1n) is 7.58. The van der Waals surface area contributed by atoms with Gasteiger partial charge in [0.15, 0.2) is 0 Å². The molecule has 0 N–H and O–H groups in total. The second-order valence-corrected chi connectivity index (χ2v) is 6.65. The lowest BCUT2D eigenvalue weighted by atomic mass is 9.70. The summed E-state index contributed by atoms with van der Waals surface area (Å²) in [5, 5.41) is 2.16. The first-order chi connectivity index (χ1) is 9.24. The Morgan fingerprint density at radius 2 is 2.00 bits per heavy atom. The van der Waals surface area contributed by atoms with Gasteiger partial charge in [-0.1, -0.05) is 52.2 Å². The van der Waals surface area contributed by atoms with Gasteiger partial charge in [0.1, 0.15) is 6.10 Å². The van der Waals surface area contributed by atoms with Gasteiger partial charge in [-0.25, -0.2) is 0 Å². The van der Waals surface area contributed by atoms with Crippen LogP contribution in [0.25, 0.3) is 0 Å². The fraction of sp³-hybridized carbons (Fsp3) is 0.647. The van der Waals surface area contributed by atoms with E-state index in [0.29, 0.717) is 0 Å². The lowest BCUT2D eigenvalue weighted by Gasteiger charge is -2.35. The van der Waals surface area contributed by atoms with Gasteiger partial charge in [-0.3, -0.25) is 0 Å². The monoisotopic (exact) mass is 278 g/mol. The third-order valence-electron chi connectivity index (χ3n) is 4.38. The molecule has 0 saturated carbocycles. The van der Waals surface area contributed by atoms with Crippen LogP contribution in [0.5, 0.6) is 0 Å². The van der Waals surface area contributed by atoms with Crippen LogP contribution in [0, 0.1) is 5.41 Å². The Balaban J connectivity index is 2.26. The van der Waals surface area contributed by atoms with Crippen molar-refractivity contribution >= 4 is 11.3 Å². The van der Waals surface area contributed by atoms with Gasteiger partial charge in [-0.15, -0.1) is 11.3 Å². The third kappa shape index (κ3) is 2.95. The molecule has 19 heavy (non-hydrogen) atoms. The Labute approximate surface area is 121 Å². The first-order valence-corrected chi connectivity index (χ1v) is 8.45. The van der Waals surface area contributed by atoms with E-state index >= 15 is 0 Å². The third-order valence-corrected chi connectivity index (χ3v) is 5.30. The summed E-state index contributed by atoms with van der Waals surface area (Å²) in [5.74, 6) is 0. The Kier molecular flexibility index (Phi) is 5.23. The average Bonchev–Trinajstić information content (AvgIpc) is 3.03. The summed E-state index contributed by atoms with van der Waals surface area (Å²) in [5.41, 5.74) is 1.52. The lowest BCUT2D eigenvalue weighted by Crippen LogP contribution is -2.26. The van der Waals surface area contributed by atoms with Crippen LogP contribution >= 0.6 is 11.3 Å². The van der Waals surface area contributed by atoms with Gasteiger partial charge in [-0.05, 0) is 29.9 Å². The topological polar surface area (TPSA) is 9.23 Å². The summed E-state index contributed by atoms with van der Waals surface area (Å²) < 4.78 is 6.13. The van der Waals surface area contributed by atoms with E-state index in [0.717, 1.165) is 6.61 Å². The van der Waals surface area contributed by atoms with Crippen LogP contribution in [0.4, 0.5) is 0 Å². The van der Waals surface area contributed by atoms with E-state index in [1.807, 2.05) is 11.3 Å². The number of rotatable bonds is 7. The van der Waals surface area contributed by atoms with Crippen LogP contribution in [0.2, 0.25) is 0 Å². The second-order valence-electron chi connectivity index (χ2n) is 5.67. The molecule has 1 unspecified atom stereocenters. The number of hydrogen-bond acceptors (Lipinski definition) is 2. The van der Waals surface area contributed by atoms with Gasteiger partial charge in [0.05, 0.1) is 6.61 Å². The maximum Gasteiger partial charge on any atom is 0.101 e. The van der Waals surface area contributed by atoms with E-state index in [9.17, 15) is 0 Å².